The van der Waals surface area contributed by atoms with E-state index in [0.717, 1.165) is 52.1 Å². The van der Waals surface area contributed by atoms with Crippen LogP contribution in [-0.2, 0) is 4.79 Å². The molecule has 0 radical (unpaired) electrons. The van der Waals surface area contributed by atoms with Gasteiger partial charge in [-0.05, 0) is 50.4 Å². The molecule has 5 rings (SSSR count). The molecule has 0 atom stereocenters. The smallest absolute Gasteiger partial charge is 0.237 e. The number of aromatic amines is 2. The van der Waals surface area contributed by atoms with Crippen molar-refractivity contribution in [2.45, 2.75) is 6.42 Å². The summed E-state index contributed by atoms with van der Waals surface area (Å²) in [5, 5.41) is 12.4. The van der Waals surface area contributed by atoms with Gasteiger partial charge in [-0.1, -0.05) is 6.08 Å². The lowest BCUT2D eigenvalue weighted by Gasteiger charge is -2.27. The Balaban J connectivity index is 1.38. The van der Waals surface area contributed by atoms with Gasteiger partial charge in [-0.2, -0.15) is 5.10 Å². The van der Waals surface area contributed by atoms with Crippen molar-refractivity contribution in [3.63, 3.8) is 0 Å². The number of hydrogen-bond acceptors (Lipinski definition) is 6. The molecule has 158 valence electrons. The number of aromatic nitrogens is 5. The molecule has 0 unspecified atom stereocenters. The second-order valence-electron chi connectivity index (χ2n) is 8.02. The predicted octanol–water partition coefficient (Wildman–Crippen LogP) is 2.76. The number of rotatable bonds is 5. The number of fused-ring (bicyclic) bond motifs is 2. The van der Waals surface area contributed by atoms with Gasteiger partial charge in [0.05, 0.1) is 23.6 Å². The molecule has 9 nitrogen and oxygen atoms in total. The van der Waals surface area contributed by atoms with Gasteiger partial charge in [0, 0.05) is 29.9 Å². The average molecular weight is 416 g/mol. The van der Waals surface area contributed by atoms with Gasteiger partial charge < -0.3 is 20.1 Å². The topological polar surface area (TPSA) is 106 Å². The van der Waals surface area contributed by atoms with E-state index in [2.05, 4.69) is 42.6 Å². The standard InChI is InChI=1S/C22H24N8O/c1-29(2)12-20(31)30-7-5-14(6-8-30)19-10-17-21(23-13-24-22(17)27-19)26-16-3-4-18-15(9-16)11-25-28-18/h3-5,9-11,13H,6-8,12H2,1-2H3,(H,25,28)(H2,23,24,26,27). The van der Waals surface area contributed by atoms with E-state index in [-0.39, 0.29) is 5.91 Å². The van der Waals surface area contributed by atoms with E-state index < -0.39 is 0 Å². The maximum Gasteiger partial charge on any atom is 0.237 e. The molecular weight excluding hydrogens is 392 g/mol. The lowest BCUT2D eigenvalue weighted by Crippen LogP contribution is -2.40. The highest BCUT2D eigenvalue weighted by Gasteiger charge is 2.20. The number of amides is 1. The Bertz CT molecular complexity index is 1290. The highest BCUT2D eigenvalue weighted by atomic mass is 16.2. The Morgan fingerprint density at radius 3 is 2.97 bits per heavy atom. The number of carbonyl (C=O) groups is 1. The summed E-state index contributed by atoms with van der Waals surface area (Å²) in [6.07, 6.45) is 6.28. The van der Waals surface area contributed by atoms with Crippen LogP contribution in [0, 0.1) is 0 Å². The number of likely N-dealkylation sites (N-methyl/N-ethyl adjacent to an activating group) is 1. The zero-order valence-electron chi connectivity index (χ0n) is 17.5. The lowest BCUT2D eigenvalue weighted by atomic mass is 10.0. The van der Waals surface area contributed by atoms with Crippen molar-refractivity contribution in [3.8, 4) is 0 Å². The Kier molecular flexibility index (Phi) is 4.87. The fourth-order valence-corrected chi connectivity index (χ4v) is 3.88. The van der Waals surface area contributed by atoms with E-state index in [0.29, 0.717) is 13.1 Å². The number of H-pyrrole nitrogens is 2. The third-order valence-corrected chi connectivity index (χ3v) is 5.49. The van der Waals surface area contributed by atoms with Gasteiger partial charge in [0.2, 0.25) is 5.91 Å². The first-order valence-electron chi connectivity index (χ1n) is 10.2. The fourth-order valence-electron chi connectivity index (χ4n) is 3.88. The van der Waals surface area contributed by atoms with Crippen LogP contribution in [0.3, 0.4) is 0 Å². The van der Waals surface area contributed by atoms with Crippen LogP contribution >= 0.6 is 0 Å². The molecule has 0 aliphatic carbocycles. The highest BCUT2D eigenvalue weighted by Crippen LogP contribution is 2.29. The molecule has 1 aliphatic heterocycles. The fraction of sp³-hybridized carbons (Fsp3) is 0.273. The average Bonchev–Trinajstić information content (AvgIpc) is 3.40. The number of nitrogens with one attached hydrogen (secondary N) is 3. The van der Waals surface area contributed by atoms with Gasteiger partial charge in [0.1, 0.15) is 17.8 Å². The summed E-state index contributed by atoms with van der Waals surface area (Å²) in [5.41, 5.74) is 4.92. The SMILES string of the molecule is CN(C)CC(=O)N1CC=C(c2cc3c(Nc4ccc5[nH]ncc5c4)ncnc3[nH]2)CC1. The second-order valence-corrected chi connectivity index (χ2v) is 8.02. The molecule has 0 fully saturated rings. The van der Waals surface area contributed by atoms with Crippen molar-refractivity contribution in [1.82, 2.24) is 34.9 Å². The first kappa shape index (κ1) is 19.3. The third kappa shape index (κ3) is 3.87. The minimum absolute atomic E-state index is 0.156. The normalized spacial score (nSPS) is 14.4. The van der Waals surface area contributed by atoms with Gasteiger partial charge in [-0.3, -0.25) is 9.89 Å². The summed E-state index contributed by atoms with van der Waals surface area (Å²) in [5.74, 6) is 0.901. The molecule has 1 aliphatic rings. The first-order valence-corrected chi connectivity index (χ1v) is 10.2. The molecule has 1 aromatic carbocycles. The quantitative estimate of drug-likeness (QED) is 0.462. The Labute approximate surface area is 179 Å². The molecule has 3 aromatic heterocycles. The van der Waals surface area contributed by atoms with E-state index in [1.165, 1.54) is 5.57 Å². The van der Waals surface area contributed by atoms with E-state index in [9.17, 15) is 4.79 Å². The van der Waals surface area contributed by atoms with Gasteiger partial charge >= 0.3 is 0 Å². The Morgan fingerprint density at radius 2 is 2.16 bits per heavy atom. The maximum absolute atomic E-state index is 12.3. The van der Waals surface area contributed by atoms with E-state index in [4.69, 9.17) is 0 Å². The number of hydrogen-bond donors (Lipinski definition) is 3. The summed E-state index contributed by atoms with van der Waals surface area (Å²) in [6, 6.07) is 8.09. The van der Waals surface area contributed by atoms with Crippen molar-refractivity contribution in [2.75, 3.05) is 39.0 Å². The minimum Gasteiger partial charge on any atom is -0.340 e. The zero-order valence-corrected chi connectivity index (χ0v) is 17.5. The van der Waals surface area contributed by atoms with E-state index >= 15 is 0 Å². The van der Waals surface area contributed by atoms with E-state index in [1.54, 1.807) is 12.5 Å². The maximum atomic E-state index is 12.3. The van der Waals surface area contributed by atoms with Gasteiger partial charge in [0.15, 0.2) is 0 Å². The summed E-state index contributed by atoms with van der Waals surface area (Å²) in [7, 11) is 3.82. The van der Waals surface area contributed by atoms with Crippen molar-refractivity contribution < 1.29 is 4.79 Å². The Morgan fingerprint density at radius 1 is 1.26 bits per heavy atom. The molecule has 0 saturated heterocycles. The molecule has 0 saturated carbocycles. The van der Waals surface area contributed by atoms with Crippen LogP contribution in [0.5, 0.6) is 0 Å². The molecule has 0 bridgehead atoms. The van der Waals surface area contributed by atoms with Crippen LogP contribution in [0.1, 0.15) is 12.1 Å². The molecular formula is C22H24N8O. The zero-order chi connectivity index (χ0) is 21.4. The predicted molar refractivity (Wildman–Crippen MR) is 121 cm³/mol. The molecule has 4 aromatic rings. The Hall–Kier alpha value is -3.72. The molecule has 3 N–H and O–H groups in total. The van der Waals surface area contributed by atoms with Crippen molar-refractivity contribution >= 4 is 44.9 Å². The second kappa shape index (κ2) is 7.84. The van der Waals surface area contributed by atoms with Gasteiger partial charge in [-0.25, -0.2) is 9.97 Å². The molecule has 4 heterocycles. The van der Waals surface area contributed by atoms with Crippen LogP contribution in [0.4, 0.5) is 11.5 Å². The lowest BCUT2D eigenvalue weighted by molar-refractivity contribution is -0.131. The van der Waals surface area contributed by atoms with Crippen molar-refractivity contribution in [2.24, 2.45) is 0 Å². The monoisotopic (exact) mass is 416 g/mol. The minimum atomic E-state index is 0.156. The molecule has 9 heteroatoms. The van der Waals surface area contributed by atoms with Crippen LogP contribution in [0.25, 0.3) is 27.5 Å². The number of benzene rings is 1. The number of nitrogens with zero attached hydrogens (tertiary/aromatic N) is 5. The summed E-state index contributed by atoms with van der Waals surface area (Å²) >= 11 is 0. The molecule has 0 spiro atoms. The van der Waals surface area contributed by atoms with Crippen LogP contribution in [0.15, 0.2) is 42.9 Å². The van der Waals surface area contributed by atoms with E-state index in [1.807, 2.05) is 42.1 Å². The van der Waals surface area contributed by atoms with Crippen molar-refractivity contribution in [3.05, 3.63) is 48.6 Å². The van der Waals surface area contributed by atoms with Gasteiger partial charge in [-0.15, -0.1) is 0 Å². The summed E-state index contributed by atoms with van der Waals surface area (Å²) in [4.78, 5) is 28.3. The molecule has 31 heavy (non-hydrogen) atoms. The van der Waals surface area contributed by atoms with Crippen LogP contribution in [-0.4, -0.2) is 74.6 Å². The summed E-state index contributed by atoms with van der Waals surface area (Å²) < 4.78 is 0. The summed E-state index contributed by atoms with van der Waals surface area (Å²) in [6.45, 7) is 1.78. The van der Waals surface area contributed by atoms with Crippen molar-refractivity contribution in [1.29, 1.82) is 0 Å². The number of carbonyl (C=O) groups excluding carboxylic acids is 1. The van der Waals surface area contributed by atoms with Crippen LogP contribution in [0.2, 0.25) is 0 Å². The van der Waals surface area contributed by atoms with Gasteiger partial charge in [0.25, 0.3) is 0 Å². The number of anilines is 2. The largest absolute Gasteiger partial charge is 0.340 e. The van der Waals surface area contributed by atoms with Crippen LogP contribution < -0.4 is 5.32 Å². The third-order valence-electron chi connectivity index (χ3n) is 5.49. The molecule has 1 amide bonds. The first-order chi connectivity index (χ1) is 15.1. The highest BCUT2D eigenvalue weighted by molar-refractivity contribution is 5.93.